The molecule has 1 aliphatic rings. The Morgan fingerprint density at radius 1 is 0.585 bits per heavy atom. The lowest BCUT2D eigenvalue weighted by Gasteiger charge is -2.24. The summed E-state index contributed by atoms with van der Waals surface area (Å²) in [6, 6.07) is 38.5. The van der Waals surface area contributed by atoms with E-state index in [1.165, 1.54) is 76.5 Å². The summed E-state index contributed by atoms with van der Waals surface area (Å²) < 4.78 is 0. The maximum absolute atomic E-state index is 5.01. The molecule has 0 N–H and O–H groups in total. The second-order valence-electron chi connectivity index (χ2n) is 12.7. The molecule has 7 aromatic rings. The van der Waals surface area contributed by atoms with E-state index in [2.05, 4.69) is 131 Å². The summed E-state index contributed by atoms with van der Waals surface area (Å²) in [6.45, 7) is 9.38. The van der Waals surface area contributed by atoms with Crippen molar-refractivity contribution in [1.29, 1.82) is 0 Å². The third kappa shape index (κ3) is 3.51. The summed E-state index contributed by atoms with van der Waals surface area (Å²) in [5.41, 5.74) is 9.29. The standard InChI is InChI=1S/C40H33N/c1-24(2)21-25-13-18-37-35(22-25)33-15-14-30-31-19-20-41-39(34(31)17-16-32(30)38(33)40(37,3)4)36-23-26-9-5-6-10-27(26)28-11-7-8-12-29(28)36/h5-20,22-24H,21H2,1-4H3. The van der Waals surface area contributed by atoms with Gasteiger partial charge in [-0.15, -0.1) is 0 Å². The highest BCUT2D eigenvalue weighted by Gasteiger charge is 2.37. The largest absolute Gasteiger partial charge is 0.256 e. The van der Waals surface area contributed by atoms with Crippen LogP contribution in [0.25, 0.3) is 65.5 Å². The molecular weight excluding hydrogens is 494 g/mol. The van der Waals surface area contributed by atoms with Gasteiger partial charge in [-0.1, -0.05) is 119 Å². The van der Waals surface area contributed by atoms with Crippen molar-refractivity contribution in [1.82, 2.24) is 4.98 Å². The SMILES string of the molecule is CC(C)Cc1ccc2c(c1)-c1ccc3c(ccc4c(-c5cc6ccccc6c6ccccc56)nccc43)c1C2(C)C. The van der Waals surface area contributed by atoms with Crippen LogP contribution in [0.15, 0.2) is 109 Å². The number of hydrogen-bond donors (Lipinski definition) is 0. The fourth-order valence-electron chi connectivity index (χ4n) is 7.53. The van der Waals surface area contributed by atoms with Crippen LogP contribution in [0, 0.1) is 5.92 Å². The van der Waals surface area contributed by atoms with Gasteiger partial charge in [-0.05, 0) is 90.0 Å². The van der Waals surface area contributed by atoms with Crippen molar-refractivity contribution >= 4 is 43.1 Å². The van der Waals surface area contributed by atoms with Gasteiger partial charge < -0.3 is 0 Å². The summed E-state index contributed by atoms with van der Waals surface area (Å²) in [4.78, 5) is 5.01. The summed E-state index contributed by atoms with van der Waals surface area (Å²) in [5, 5.41) is 10.2. The highest BCUT2D eigenvalue weighted by Crippen LogP contribution is 2.52. The van der Waals surface area contributed by atoms with E-state index in [9.17, 15) is 0 Å². The van der Waals surface area contributed by atoms with Crippen LogP contribution in [0.5, 0.6) is 0 Å². The molecule has 0 spiro atoms. The minimum absolute atomic E-state index is 0.0569. The van der Waals surface area contributed by atoms with Gasteiger partial charge in [0.15, 0.2) is 0 Å². The van der Waals surface area contributed by atoms with Crippen molar-refractivity contribution in [2.75, 3.05) is 0 Å². The monoisotopic (exact) mass is 527 g/mol. The highest BCUT2D eigenvalue weighted by atomic mass is 14.7. The molecule has 0 atom stereocenters. The molecule has 1 nitrogen and oxygen atoms in total. The summed E-state index contributed by atoms with van der Waals surface area (Å²) in [6.07, 6.45) is 3.10. The number of benzene rings is 6. The van der Waals surface area contributed by atoms with Gasteiger partial charge in [0.05, 0.1) is 5.69 Å². The van der Waals surface area contributed by atoms with Gasteiger partial charge in [-0.2, -0.15) is 0 Å². The Labute approximate surface area is 241 Å². The second kappa shape index (κ2) is 8.75. The van der Waals surface area contributed by atoms with E-state index in [-0.39, 0.29) is 5.41 Å². The molecule has 0 bridgehead atoms. The molecule has 0 aliphatic heterocycles. The van der Waals surface area contributed by atoms with Gasteiger partial charge >= 0.3 is 0 Å². The van der Waals surface area contributed by atoms with Crippen LogP contribution in [0.3, 0.4) is 0 Å². The van der Waals surface area contributed by atoms with Gasteiger partial charge in [0.2, 0.25) is 0 Å². The number of fused-ring (bicyclic) bond motifs is 10. The Morgan fingerprint density at radius 3 is 2.10 bits per heavy atom. The average Bonchev–Trinajstić information content (AvgIpc) is 3.22. The predicted octanol–water partition coefficient (Wildman–Crippen LogP) is 10.9. The predicted molar refractivity (Wildman–Crippen MR) is 176 cm³/mol. The van der Waals surface area contributed by atoms with Crippen LogP contribution in [-0.2, 0) is 11.8 Å². The van der Waals surface area contributed by atoms with Gasteiger partial charge in [0.25, 0.3) is 0 Å². The van der Waals surface area contributed by atoms with Crippen LogP contribution >= 0.6 is 0 Å². The molecule has 198 valence electrons. The Bertz CT molecular complexity index is 2180. The summed E-state index contributed by atoms with van der Waals surface area (Å²) in [7, 11) is 0. The van der Waals surface area contributed by atoms with Crippen molar-refractivity contribution in [2.45, 2.75) is 39.5 Å². The van der Waals surface area contributed by atoms with Crippen LogP contribution in [-0.4, -0.2) is 4.98 Å². The van der Waals surface area contributed by atoms with Crippen LogP contribution in [0.4, 0.5) is 0 Å². The van der Waals surface area contributed by atoms with E-state index in [4.69, 9.17) is 4.98 Å². The summed E-state index contributed by atoms with van der Waals surface area (Å²) in [5.74, 6) is 0.646. The quantitative estimate of drug-likeness (QED) is 0.208. The van der Waals surface area contributed by atoms with E-state index >= 15 is 0 Å². The van der Waals surface area contributed by atoms with Crippen LogP contribution in [0.1, 0.15) is 44.4 Å². The van der Waals surface area contributed by atoms with Crippen molar-refractivity contribution in [3.05, 3.63) is 126 Å². The molecule has 8 rings (SSSR count). The molecule has 1 aromatic heterocycles. The zero-order valence-corrected chi connectivity index (χ0v) is 24.1. The second-order valence-corrected chi connectivity index (χ2v) is 12.7. The minimum atomic E-state index is -0.0569. The highest BCUT2D eigenvalue weighted by molar-refractivity contribution is 6.19. The zero-order chi connectivity index (χ0) is 27.9. The van der Waals surface area contributed by atoms with Gasteiger partial charge in [-0.3, -0.25) is 4.98 Å². The molecule has 6 aromatic carbocycles. The average molecular weight is 528 g/mol. The first-order valence-corrected chi connectivity index (χ1v) is 14.8. The first-order valence-electron chi connectivity index (χ1n) is 14.8. The van der Waals surface area contributed by atoms with Crippen molar-refractivity contribution in [2.24, 2.45) is 5.92 Å². The Balaban J connectivity index is 1.38. The third-order valence-corrected chi connectivity index (χ3v) is 9.28. The minimum Gasteiger partial charge on any atom is -0.256 e. The Hall–Kier alpha value is -4.49. The van der Waals surface area contributed by atoms with E-state index in [1.807, 2.05) is 6.20 Å². The lowest BCUT2D eigenvalue weighted by molar-refractivity contribution is 0.644. The first kappa shape index (κ1) is 24.3. The number of pyridine rings is 1. The molecule has 1 heteroatoms. The topological polar surface area (TPSA) is 12.9 Å². The zero-order valence-electron chi connectivity index (χ0n) is 24.1. The molecular formula is C40H33N. The number of aromatic nitrogens is 1. The lowest BCUT2D eigenvalue weighted by Crippen LogP contribution is -2.15. The van der Waals surface area contributed by atoms with Gasteiger partial charge in [-0.25, -0.2) is 0 Å². The van der Waals surface area contributed by atoms with Crippen LogP contribution in [0.2, 0.25) is 0 Å². The van der Waals surface area contributed by atoms with E-state index in [0.29, 0.717) is 5.92 Å². The molecule has 0 saturated carbocycles. The van der Waals surface area contributed by atoms with Crippen molar-refractivity contribution < 1.29 is 0 Å². The molecule has 0 amide bonds. The number of rotatable bonds is 3. The normalized spacial score (nSPS) is 13.9. The molecule has 1 heterocycles. The van der Waals surface area contributed by atoms with E-state index in [0.717, 1.165) is 12.1 Å². The van der Waals surface area contributed by atoms with Gasteiger partial charge in [0, 0.05) is 22.6 Å². The third-order valence-electron chi connectivity index (χ3n) is 9.28. The van der Waals surface area contributed by atoms with Crippen molar-refractivity contribution in [3.8, 4) is 22.4 Å². The molecule has 0 unspecified atom stereocenters. The molecule has 0 radical (unpaired) electrons. The van der Waals surface area contributed by atoms with E-state index < -0.39 is 0 Å². The fraction of sp³-hybridized carbons (Fsp3) is 0.175. The molecule has 0 saturated heterocycles. The molecule has 41 heavy (non-hydrogen) atoms. The van der Waals surface area contributed by atoms with E-state index in [1.54, 1.807) is 0 Å². The Morgan fingerprint density at radius 2 is 1.27 bits per heavy atom. The van der Waals surface area contributed by atoms with Gasteiger partial charge in [0.1, 0.15) is 0 Å². The van der Waals surface area contributed by atoms with Crippen LogP contribution < -0.4 is 0 Å². The fourth-order valence-corrected chi connectivity index (χ4v) is 7.53. The maximum atomic E-state index is 5.01. The maximum Gasteiger partial charge on any atom is 0.0786 e. The lowest BCUT2D eigenvalue weighted by atomic mass is 9.79. The Kier molecular flexibility index (Phi) is 5.19. The smallest absolute Gasteiger partial charge is 0.0786 e. The summed E-state index contributed by atoms with van der Waals surface area (Å²) >= 11 is 0. The number of nitrogens with zero attached hydrogens (tertiary/aromatic N) is 1. The molecule has 1 aliphatic carbocycles. The number of hydrogen-bond acceptors (Lipinski definition) is 1. The first-order chi connectivity index (χ1) is 19.9. The molecule has 0 fully saturated rings. The van der Waals surface area contributed by atoms with Crippen molar-refractivity contribution in [3.63, 3.8) is 0 Å².